The molecule has 1 aromatic heterocycles. The van der Waals surface area contributed by atoms with Crippen LogP contribution in [0.4, 0.5) is 5.82 Å². The monoisotopic (exact) mass is 303 g/mol. The molecule has 0 aliphatic rings. The van der Waals surface area contributed by atoms with Crippen LogP contribution < -0.4 is 5.32 Å². The summed E-state index contributed by atoms with van der Waals surface area (Å²) in [6.45, 7) is 2.03. The minimum atomic E-state index is -0.211. The van der Waals surface area contributed by atoms with E-state index in [1.807, 2.05) is 67.6 Å². The lowest BCUT2D eigenvalue weighted by Gasteiger charge is -1.97. The number of benzene rings is 2. The predicted octanol–water partition coefficient (Wildman–Crippen LogP) is 4.04. The minimum absolute atomic E-state index is 0.211. The van der Waals surface area contributed by atoms with Crippen LogP contribution in [0.15, 0.2) is 66.7 Å². The van der Waals surface area contributed by atoms with E-state index in [9.17, 15) is 4.79 Å². The number of aromatic nitrogens is 2. The summed E-state index contributed by atoms with van der Waals surface area (Å²) < 4.78 is 0. The molecule has 0 fully saturated rings. The molecule has 1 amide bonds. The molecule has 4 heteroatoms. The van der Waals surface area contributed by atoms with E-state index in [0.29, 0.717) is 5.82 Å². The van der Waals surface area contributed by atoms with Crippen LogP contribution >= 0.6 is 0 Å². The number of H-pyrrole nitrogens is 1. The van der Waals surface area contributed by atoms with Crippen molar-refractivity contribution in [1.82, 2.24) is 10.2 Å². The third-order valence-corrected chi connectivity index (χ3v) is 3.42. The summed E-state index contributed by atoms with van der Waals surface area (Å²) in [4.78, 5) is 11.9. The smallest absolute Gasteiger partial charge is 0.249 e. The standard InChI is InChI=1S/C19H17N3O/c1-14-7-9-15(10-8-14)11-12-19(23)20-18-13-17(21-22-18)16-5-3-2-4-6-16/h2-13H,1H3,(H2,20,21,22,23)/b12-11+. The Morgan fingerprint density at radius 3 is 2.57 bits per heavy atom. The Hall–Kier alpha value is -3.14. The minimum Gasteiger partial charge on any atom is -0.306 e. The molecular formula is C19H17N3O. The lowest BCUT2D eigenvalue weighted by atomic mass is 10.1. The fourth-order valence-electron chi connectivity index (χ4n) is 2.17. The molecule has 2 N–H and O–H groups in total. The highest BCUT2D eigenvalue weighted by molar-refractivity contribution is 6.01. The zero-order valence-corrected chi connectivity index (χ0v) is 12.8. The Kier molecular flexibility index (Phi) is 4.34. The Morgan fingerprint density at radius 2 is 1.83 bits per heavy atom. The second-order valence-electron chi connectivity index (χ2n) is 5.27. The van der Waals surface area contributed by atoms with E-state index < -0.39 is 0 Å². The number of rotatable bonds is 4. The molecule has 1 heterocycles. The van der Waals surface area contributed by atoms with Crippen molar-refractivity contribution in [3.8, 4) is 11.3 Å². The number of carbonyl (C=O) groups is 1. The van der Waals surface area contributed by atoms with Gasteiger partial charge in [-0.2, -0.15) is 5.10 Å². The van der Waals surface area contributed by atoms with Crippen LogP contribution in [0, 0.1) is 6.92 Å². The molecule has 0 saturated heterocycles. The molecule has 2 aromatic carbocycles. The molecule has 0 aliphatic carbocycles. The van der Waals surface area contributed by atoms with Gasteiger partial charge in [0.05, 0.1) is 5.69 Å². The van der Waals surface area contributed by atoms with Crippen LogP contribution in [0.5, 0.6) is 0 Å². The maximum atomic E-state index is 11.9. The van der Waals surface area contributed by atoms with Crippen molar-refractivity contribution >= 4 is 17.8 Å². The highest BCUT2D eigenvalue weighted by Gasteiger charge is 2.05. The maximum Gasteiger partial charge on any atom is 0.249 e. The molecule has 114 valence electrons. The first-order chi connectivity index (χ1) is 11.2. The van der Waals surface area contributed by atoms with E-state index in [-0.39, 0.29) is 5.91 Å². The Labute approximate surface area is 134 Å². The molecule has 3 aromatic rings. The topological polar surface area (TPSA) is 57.8 Å². The van der Waals surface area contributed by atoms with Gasteiger partial charge in [-0.15, -0.1) is 0 Å². The molecule has 3 rings (SSSR count). The van der Waals surface area contributed by atoms with Gasteiger partial charge in [0.1, 0.15) is 0 Å². The number of carbonyl (C=O) groups excluding carboxylic acids is 1. The van der Waals surface area contributed by atoms with Gasteiger partial charge in [-0.05, 0) is 24.1 Å². The van der Waals surface area contributed by atoms with Gasteiger partial charge in [0.25, 0.3) is 0 Å². The molecule has 4 nitrogen and oxygen atoms in total. The van der Waals surface area contributed by atoms with Crippen LogP contribution in [0.1, 0.15) is 11.1 Å². The summed E-state index contributed by atoms with van der Waals surface area (Å²) in [6, 6.07) is 19.6. The normalized spacial score (nSPS) is 10.8. The van der Waals surface area contributed by atoms with Gasteiger partial charge in [0.15, 0.2) is 5.82 Å². The van der Waals surface area contributed by atoms with Crippen molar-refractivity contribution in [3.63, 3.8) is 0 Å². The van der Waals surface area contributed by atoms with Crippen molar-refractivity contribution in [2.75, 3.05) is 5.32 Å². The van der Waals surface area contributed by atoms with Gasteiger partial charge >= 0.3 is 0 Å². The lowest BCUT2D eigenvalue weighted by molar-refractivity contribution is -0.111. The van der Waals surface area contributed by atoms with Crippen molar-refractivity contribution in [1.29, 1.82) is 0 Å². The molecule has 0 aliphatic heterocycles. The number of aryl methyl sites for hydroxylation is 1. The highest BCUT2D eigenvalue weighted by Crippen LogP contribution is 2.19. The number of aromatic amines is 1. The highest BCUT2D eigenvalue weighted by atomic mass is 16.1. The number of nitrogens with one attached hydrogen (secondary N) is 2. The van der Waals surface area contributed by atoms with Gasteiger partial charge in [0.2, 0.25) is 5.91 Å². The third kappa shape index (κ3) is 3.95. The van der Waals surface area contributed by atoms with Crippen LogP contribution in [0.3, 0.4) is 0 Å². The Balaban J connectivity index is 1.64. The van der Waals surface area contributed by atoms with Gasteiger partial charge in [-0.1, -0.05) is 60.2 Å². The molecule has 0 bridgehead atoms. The first-order valence-electron chi connectivity index (χ1n) is 7.37. The summed E-state index contributed by atoms with van der Waals surface area (Å²) in [5.41, 5.74) is 4.06. The summed E-state index contributed by atoms with van der Waals surface area (Å²) >= 11 is 0. The van der Waals surface area contributed by atoms with Crippen LogP contribution in [0.2, 0.25) is 0 Å². The quantitative estimate of drug-likeness (QED) is 0.715. The summed E-state index contributed by atoms with van der Waals surface area (Å²) in [5.74, 6) is 0.291. The number of hydrogen-bond donors (Lipinski definition) is 2. The zero-order valence-electron chi connectivity index (χ0n) is 12.8. The van der Waals surface area contributed by atoms with Crippen LogP contribution in [-0.2, 0) is 4.79 Å². The number of nitrogens with zero attached hydrogens (tertiary/aromatic N) is 1. The van der Waals surface area contributed by atoms with Crippen molar-refractivity contribution in [3.05, 3.63) is 77.9 Å². The van der Waals surface area contributed by atoms with E-state index in [1.165, 1.54) is 11.6 Å². The second-order valence-corrected chi connectivity index (χ2v) is 5.27. The van der Waals surface area contributed by atoms with Crippen molar-refractivity contribution in [2.24, 2.45) is 0 Å². The van der Waals surface area contributed by atoms with E-state index in [0.717, 1.165) is 16.8 Å². The first-order valence-corrected chi connectivity index (χ1v) is 7.37. The second kappa shape index (κ2) is 6.75. The molecule has 0 spiro atoms. The van der Waals surface area contributed by atoms with E-state index in [2.05, 4.69) is 15.5 Å². The number of amides is 1. The molecule has 23 heavy (non-hydrogen) atoms. The molecule has 0 atom stereocenters. The van der Waals surface area contributed by atoms with Crippen molar-refractivity contribution < 1.29 is 4.79 Å². The van der Waals surface area contributed by atoms with E-state index >= 15 is 0 Å². The largest absolute Gasteiger partial charge is 0.306 e. The summed E-state index contributed by atoms with van der Waals surface area (Å²) in [6.07, 6.45) is 3.28. The SMILES string of the molecule is Cc1ccc(/C=C/C(=O)Nc2cc(-c3ccccc3)[nH]n2)cc1. The average molecular weight is 303 g/mol. The predicted molar refractivity (Wildman–Crippen MR) is 92.9 cm³/mol. The third-order valence-electron chi connectivity index (χ3n) is 3.42. The molecule has 0 saturated carbocycles. The van der Waals surface area contributed by atoms with Gasteiger partial charge in [-0.25, -0.2) is 0 Å². The van der Waals surface area contributed by atoms with Gasteiger partial charge < -0.3 is 5.32 Å². The Morgan fingerprint density at radius 1 is 1.09 bits per heavy atom. The Bertz CT molecular complexity index is 817. The number of hydrogen-bond acceptors (Lipinski definition) is 2. The van der Waals surface area contributed by atoms with Gasteiger partial charge in [0, 0.05) is 12.1 Å². The molecule has 0 radical (unpaired) electrons. The van der Waals surface area contributed by atoms with Crippen molar-refractivity contribution in [2.45, 2.75) is 6.92 Å². The molecular weight excluding hydrogens is 286 g/mol. The number of anilines is 1. The zero-order chi connectivity index (χ0) is 16.1. The lowest BCUT2D eigenvalue weighted by Crippen LogP contribution is -2.07. The summed E-state index contributed by atoms with van der Waals surface area (Å²) in [5, 5.41) is 9.77. The fraction of sp³-hybridized carbons (Fsp3) is 0.0526. The summed E-state index contributed by atoms with van der Waals surface area (Å²) in [7, 11) is 0. The molecule has 0 unspecified atom stereocenters. The van der Waals surface area contributed by atoms with Gasteiger partial charge in [-0.3, -0.25) is 9.89 Å². The van der Waals surface area contributed by atoms with E-state index in [4.69, 9.17) is 0 Å². The van der Waals surface area contributed by atoms with Crippen LogP contribution in [0.25, 0.3) is 17.3 Å². The average Bonchev–Trinajstić information content (AvgIpc) is 3.04. The maximum absolute atomic E-state index is 11.9. The van der Waals surface area contributed by atoms with E-state index in [1.54, 1.807) is 6.08 Å². The first kappa shape index (κ1) is 14.8. The fourth-order valence-corrected chi connectivity index (χ4v) is 2.17. The van der Waals surface area contributed by atoms with Crippen LogP contribution in [-0.4, -0.2) is 16.1 Å².